The molecule has 0 bridgehead atoms. The maximum atomic E-state index is 11.5. The molecule has 0 aromatic rings. The zero-order valence-corrected chi connectivity index (χ0v) is 16.3. The molecule has 21 heavy (non-hydrogen) atoms. The Kier molecular flexibility index (Phi) is 16.7. The molecule has 1 atom stereocenters. The van der Waals surface area contributed by atoms with Crippen molar-refractivity contribution in [2.75, 3.05) is 0 Å². The standard InChI is InChI=1S/C16H31NO3.Na.H/c1-4-5-6-7-8-9-10-11-15(18)20-16(19)14(17)12-13(2)3;;/h13-14H,4-12,17H2,1-3H3;;/q;+1;-1/t14-;;/m0../s1. The first kappa shape index (κ1) is 23.4. The maximum Gasteiger partial charge on any atom is 1.00 e. The molecule has 0 aliphatic rings. The van der Waals surface area contributed by atoms with Crippen LogP contribution in [0.3, 0.4) is 0 Å². The number of hydrogen-bond donors (Lipinski definition) is 1. The number of carbonyl (C=O) groups is 2. The minimum Gasteiger partial charge on any atom is -1.00 e. The van der Waals surface area contributed by atoms with Crippen LogP contribution in [0.1, 0.15) is 80.0 Å². The van der Waals surface area contributed by atoms with E-state index < -0.39 is 18.0 Å². The van der Waals surface area contributed by atoms with Crippen LogP contribution in [0.5, 0.6) is 0 Å². The second-order valence-electron chi connectivity index (χ2n) is 5.90. The van der Waals surface area contributed by atoms with Crippen molar-refractivity contribution in [3.8, 4) is 0 Å². The van der Waals surface area contributed by atoms with E-state index in [9.17, 15) is 9.59 Å². The number of rotatable bonds is 11. The number of unbranched alkanes of at least 4 members (excludes halogenated alkanes) is 6. The molecule has 0 aromatic heterocycles. The number of carbonyl (C=O) groups excluding carboxylic acids is 2. The van der Waals surface area contributed by atoms with Crippen LogP contribution in [0.4, 0.5) is 0 Å². The number of hydrogen-bond acceptors (Lipinski definition) is 4. The van der Waals surface area contributed by atoms with Crippen LogP contribution < -0.4 is 35.3 Å². The minimum absolute atomic E-state index is 0. The molecular formula is C16H32NNaO3. The van der Waals surface area contributed by atoms with E-state index in [0.29, 0.717) is 18.8 Å². The van der Waals surface area contributed by atoms with Crippen LogP contribution in [-0.2, 0) is 14.3 Å². The van der Waals surface area contributed by atoms with E-state index in [1.807, 2.05) is 13.8 Å². The van der Waals surface area contributed by atoms with Crippen LogP contribution in [0, 0.1) is 5.92 Å². The monoisotopic (exact) mass is 309 g/mol. The summed E-state index contributed by atoms with van der Waals surface area (Å²) in [6, 6.07) is -0.687. The Morgan fingerprint density at radius 1 is 1.05 bits per heavy atom. The summed E-state index contributed by atoms with van der Waals surface area (Å²) >= 11 is 0. The summed E-state index contributed by atoms with van der Waals surface area (Å²) in [6.45, 7) is 6.15. The fourth-order valence-electron chi connectivity index (χ4n) is 2.07. The van der Waals surface area contributed by atoms with Crippen molar-refractivity contribution < 1.29 is 45.3 Å². The Hall–Kier alpha value is 0.1000. The molecule has 0 fully saturated rings. The molecule has 0 saturated carbocycles. The van der Waals surface area contributed by atoms with E-state index in [1.165, 1.54) is 25.7 Å². The molecule has 120 valence electrons. The van der Waals surface area contributed by atoms with Crippen LogP contribution in [0.15, 0.2) is 0 Å². The summed E-state index contributed by atoms with van der Waals surface area (Å²) in [6.07, 6.45) is 8.83. The van der Waals surface area contributed by atoms with E-state index in [0.717, 1.165) is 19.3 Å². The van der Waals surface area contributed by atoms with E-state index in [1.54, 1.807) is 0 Å². The fraction of sp³-hybridized carbons (Fsp3) is 0.875. The fourth-order valence-corrected chi connectivity index (χ4v) is 2.07. The van der Waals surface area contributed by atoms with Gasteiger partial charge in [0.05, 0.1) is 0 Å². The molecular weight excluding hydrogens is 277 g/mol. The third-order valence-corrected chi connectivity index (χ3v) is 3.23. The van der Waals surface area contributed by atoms with E-state index >= 15 is 0 Å². The molecule has 0 heterocycles. The molecule has 0 aromatic carbocycles. The Balaban J connectivity index is -0.00000180. The van der Waals surface area contributed by atoms with Crippen molar-refractivity contribution in [3.05, 3.63) is 0 Å². The van der Waals surface area contributed by atoms with E-state index in [4.69, 9.17) is 10.5 Å². The summed E-state index contributed by atoms with van der Waals surface area (Å²) in [4.78, 5) is 23.0. The second kappa shape index (κ2) is 15.0. The van der Waals surface area contributed by atoms with Gasteiger partial charge >= 0.3 is 41.5 Å². The number of ether oxygens (including phenoxy) is 1. The maximum absolute atomic E-state index is 11.5. The molecule has 0 spiro atoms. The van der Waals surface area contributed by atoms with Gasteiger partial charge in [-0.1, -0.05) is 59.3 Å². The first-order valence-corrected chi connectivity index (χ1v) is 7.97. The first-order valence-electron chi connectivity index (χ1n) is 7.97. The van der Waals surface area contributed by atoms with Gasteiger partial charge in [-0.3, -0.25) is 4.79 Å². The second-order valence-corrected chi connectivity index (χ2v) is 5.90. The molecule has 0 rings (SSSR count). The van der Waals surface area contributed by atoms with Gasteiger partial charge in [0.25, 0.3) is 0 Å². The van der Waals surface area contributed by atoms with E-state index in [2.05, 4.69) is 6.92 Å². The molecule has 0 aliphatic heterocycles. The van der Waals surface area contributed by atoms with Crippen LogP contribution in [0.2, 0.25) is 0 Å². The predicted molar refractivity (Wildman–Crippen MR) is 82.3 cm³/mol. The van der Waals surface area contributed by atoms with Gasteiger partial charge in [-0.25, -0.2) is 4.79 Å². The molecule has 0 radical (unpaired) electrons. The van der Waals surface area contributed by atoms with Crippen LogP contribution >= 0.6 is 0 Å². The zero-order valence-electron chi connectivity index (χ0n) is 15.3. The number of nitrogens with two attached hydrogens (primary N) is 1. The third-order valence-electron chi connectivity index (χ3n) is 3.23. The zero-order chi connectivity index (χ0) is 15.4. The summed E-state index contributed by atoms with van der Waals surface area (Å²) in [5.41, 5.74) is 5.66. The van der Waals surface area contributed by atoms with Crippen molar-refractivity contribution in [1.29, 1.82) is 0 Å². The summed E-state index contributed by atoms with van der Waals surface area (Å²) in [7, 11) is 0. The Bertz CT molecular complexity index is 289. The third kappa shape index (κ3) is 14.8. The predicted octanol–water partition coefficient (Wildman–Crippen LogP) is 0.687. The van der Waals surface area contributed by atoms with Gasteiger partial charge in [-0.15, -0.1) is 0 Å². The van der Waals surface area contributed by atoms with Gasteiger partial charge in [0, 0.05) is 6.42 Å². The average Bonchev–Trinajstić information content (AvgIpc) is 2.36. The normalized spacial score (nSPS) is 11.9. The van der Waals surface area contributed by atoms with Crippen molar-refractivity contribution >= 4 is 11.9 Å². The molecule has 2 N–H and O–H groups in total. The van der Waals surface area contributed by atoms with Gasteiger partial charge in [-0.2, -0.15) is 0 Å². The van der Waals surface area contributed by atoms with Crippen LogP contribution in [0.25, 0.3) is 0 Å². The topological polar surface area (TPSA) is 69.4 Å². The molecule has 0 aliphatic carbocycles. The molecule has 4 nitrogen and oxygen atoms in total. The summed E-state index contributed by atoms with van der Waals surface area (Å²) < 4.78 is 4.76. The van der Waals surface area contributed by atoms with E-state index in [-0.39, 0.29) is 31.0 Å². The average molecular weight is 309 g/mol. The smallest absolute Gasteiger partial charge is 1.00 e. The Morgan fingerprint density at radius 3 is 2.10 bits per heavy atom. The summed E-state index contributed by atoms with van der Waals surface area (Å²) in [5, 5.41) is 0. The van der Waals surface area contributed by atoms with Crippen molar-refractivity contribution in [2.24, 2.45) is 11.7 Å². The van der Waals surface area contributed by atoms with Gasteiger partial charge in [0.15, 0.2) is 0 Å². The SMILES string of the molecule is CCCCCCCCCC(=O)OC(=O)[C@@H](N)CC(C)C.[H-].[Na+]. The summed E-state index contributed by atoms with van der Waals surface area (Å²) in [5.74, 6) is -0.717. The van der Waals surface area contributed by atoms with Crippen LogP contribution in [-0.4, -0.2) is 18.0 Å². The van der Waals surface area contributed by atoms with Crippen molar-refractivity contribution in [2.45, 2.75) is 84.6 Å². The minimum atomic E-state index is -0.687. The largest absolute Gasteiger partial charge is 1.00 e. The Morgan fingerprint density at radius 2 is 1.57 bits per heavy atom. The van der Waals surface area contributed by atoms with Gasteiger partial charge < -0.3 is 11.9 Å². The van der Waals surface area contributed by atoms with Gasteiger partial charge in [0.1, 0.15) is 6.04 Å². The van der Waals surface area contributed by atoms with Gasteiger partial charge in [-0.05, 0) is 18.8 Å². The quantitative estimate of drug-likeness (QED) is 0.264. The molecule has 0 saturated heterocycles. The van der Waals surface area contributed by atoms with Gasteiger partial charge in [0.2, 0.25) is 0 Å². The molecule has 0 amide bonds. The Labute approximate surface area is 153 Å². The molecule has 5 heteroatoms. The first-order chi connectivity index (χ1) is 9.47. The number of esters is 2. The van der Waals surface area contributed by atoms with Crippen molar-refractivity contribution in [1.82, 2.24) is 0 Å². The molecule has 0 unspecified atom stereocenters. The van der Waals surface area contributed by atoms with Crippen molar-refractivity contribution in [3.63, 3.8) is 0 Å².